The maximum atomic E-state index is 8.91. The molecule has 0 radical (unpaired) electrons. The second-order valence-electron chi connectivity index (χ2n) is 6.56. The van der Waals surface area contributed by atoms with Crippen LogP contribution in [0.4, 0.5) is 0 Å². The first-order valence-corrected chi connectivity index (χ1v) is 8.68. The molecule has 2 bridgehead atoms. The number of nitrogens with zero attached hydrogens (tertiary/aromatic N) is 2. The average molecular weight is 340 g/mol. The molecule has 2 atom stereocenters. The number of nitriles is 1. The summed E-state index contributed by atoms with van der Waals surface area (Å²) in [6.45, 7) is 0. The number of hydrogen-bond donors (Lipinski definition) is 1. The topological polar surface area (TPSA) is 57.9 Å². The van der Waals surface area contributed by atoms with Gasteiger partial charge in [0.25, 0.3) is 0 Å². The lowest BCUT2D eigenvalue weighted by Gasteiger charge is -2.29. The van der Waals surface area contributed by atoms with Gasteiger partial charge in [0.15, 0.2) is 0 Å². The maximum Gasteiger partial charge on any atom is 0.215 e. The van der Waals surface area contributed by atoms with Crippen LogP contribution in [0.15, 0.2) is 36.4 Å². The molecule has 0 aliphatic carbocycles. The molecule has 1 aromatic carbocycles. The zero-order chi connectivity index (χ0) is 16.5. The number of piperidine rings is 1. The molecule has 122 valence electrons. The van der Waals surface area contributed by atoms with Crippen LogP contribution in [0.3, 0.4) is 0 Å². The number of halogens is 1. The van der Waals surface area contributed by atoms with Gasteiger partial charge in [0.05, 0.1) is 11.6 Å². The predicted molar refractivity (Wildman–Crippen MR) is 93.0 cm³/mol. The molecule has 4 rings (SSSR count). The number of rotatable bonds is 3. The quantitative estimate of drug-likeness (QED) is 0.861. The number of aromatic nitrogens is 1. The van der Waals surface area contributed by atoms with E-state index in [9.17, 15) is 0 Å². The highest BCUT2D eigenvalue weighted by molar-refractivity contribution is 6.29. The van der Waals surface area contributed by atoms with E-state index in [1.807, 2.05) is 24.3 Å². The Hall–Kier alpha value is -2.09. The van der Waals surface area contributed by atoms with Crippen LogP contribution in [0.25, 0.3) is 11.1 Å². The van der Waals surface area contributed by atoms with Gasteiger partial charge < -0.3 is 10.1 Å². The summed E-state index contributed by atoms with van der Waals surface area (Å²) < 4.78 is 6.14. The van der Waals surface area contributed by atoms with E-state index in [0.717, 1.165) is 24.0 Å². The van der Waals surface area contributed by atoms with Gasteiger partial charge in [-0.15, -0.1) is 0 Å². The molecule has 2 unspecified atom stereocenters. The molecule has 0 amide bonds. The molecule has 24 heavy (non-hydrogen) atoms. The molecule has 1 N–H and O–H groups in total. The van der Waals surface area contributed by atoms with Gasteiger partial charge in [0, 0.05) is 18.2 Å². The maximum absolute atomic E-state index is 8.91. The van der Waals surface area contributed by atoms with E-state index in [4.69, 9.17) is 21.6 Å². The van der Waals surface area contributed by atoms with Gasteiger partial charge in [0.1, 0.15) is 11.3 Å². The molecule has 2 aliphatic heterocycles. The van der Waals surface area contributed by atoms with Crippen molar-refractivity contribution >= 4 is 11.6 Å². The van der Waals surface area contributed by atoms with Crippen molar-refractivity contribution in [2.75, 3.05) is 0 Å². The van der Waals surface area contributed by atoms with Gasteiger partial charge in [-0.05, 0) is 55.0 Å². The standard InChI is InChI=1S/C19H18ClN3O/c20-18-7-14(13-3-1-12(11-21)2-4-13)8-19(23-18)24-17-9-15-5-6-16(10-17)22-15/h1-4,7-8,15-17,22H,5-6,9-10H2. The van der Waals surface area contributed by atoms with Crippen molar-refractivity contribution in [2.45, 2.75) is 43.9 Å². The fourth-order valence-electron chi connectivity index (χ4n) is 3.71. The lowest BCUT2D eigenvalue weighted by molar-refractivity contribution is 0.132. The van der Waals surface area contributed by atoms with Crippen LogP contribution in [-0.4, -0.2) is 23.2 Å². The number of ether oxygens (including phenoxy) is 1. The summed E-state index contributed by atoms with van der Waals surface area (Å²) in [5, 5.41) is 12.9. The Morgan fingerprint density at radius 1 is 1.08 bits per heavy atom. The van der Waals surface area contributed by atoms with Crippen LogP contribution in [0.5, 0.6) is 5.88 Å². The first-order valence-electron chi connectivity index (χ1n) is 8.30. The van der Waals surface area contributed by atoms with E-state index >= 15 is 0 Å². The van der Waals surface area contributed by atoms with Crippen molar-refractivity contribution < 1.29 is 4.74 Å². The van der Waals surface area contributed by atoms with Crippen LogP contribution >= 0.6 is 11.6 Å². The van der Waals surface area contributed by atoms with E-state index in [1.54, 1.807) is 12.1 Å². The zero-order valence-electron chi connectivity index (χ0n) is 13.2. The first-order chi connectivity index (χ1) is 11.7. The number of benzene rings is 1. The lowest BCUT2D eigenvalue weighted by atomic mass is 10.0. The number of pyridine rings is 1. The third kappa shape index (κ3) is 3.24. The summed E-state index contributed by atoms with van der Waals surface area (Å²) in [6.07, 6.45) is 4.73. The molecule has 5 heteroatoms. The smallest absolute Gasteiger partial charge is 0.215 e. The van der Waals surface area contributed by atoms with E-state index in [1.165, 1.54) is 12.8 Å². The van der Waals surface area contributed by atoms with Crippen molar-refractivity contribution in [1.82, 2.24) is 10.3 Å². The Morgan fingerprint density at radius 2 is 1.79 bits per heavy atom. The van der Waals surface area contributed by atoms with Crippen LogP contribution in [0.1, 0.15) is 31.2 Å². The number of hydrogen-bond acceptors (Lipinski definition) is 4. The summed E-state index contributed by atoms with van der Waals surface area (Å²) in [5.74, 6) is 0.577. The fraction of sp³-hybridized carbons (Fsp3) is 0.368. The van der Waals surface area contributed by atoms with Crippen molar-refractivity contribution in [3.8, 4) is 23.1 Å². The van der Waals surface area contributed by atoms with Gasteiger partial charge >= 0.3 is 0 Å². The molecule has 2 fully saturated rings. The molecule has 4 nitrogen and oxygen atoms in total. The minimum atomic E-state index is 0.198. The van der Waals surface area contributed by atoms with Gasteiger partial charge in [0.2, 0.25) is 5.88 Å². The Balaban J connectivity index is 1.55. The Kier molecular flexibility index (Phi) is 4.13. The fourth-order valence-corrected chi connectivity index (χ4v) is 3.91. The summed E-state index contributed by atoms with van der Waals surface area (Å²) in [5.41, 5.74) is 2.58. The summed E-state index contributed by atoms with van der Waals surface area (Å²) >= 11 is 6.19. The van der Waals surface area contributed by atoms with Crippen molar-refractivity contribution in [2.24, 2.45) is 0 Å². The highest BCUT2D eigenvalue weighted by atomic mass is 35.5. The van der Waals surface area contributed by atoms with Crippen LogP contribution in [-0.2, 0) is 0 Å². The predicted octanol–water partition coefficient (Wildman–Crippen LogP) is 3.94. The summed E-state index contributed by atoms with van der Waals surface area (Å²) in [6, 6.07) is 14.5. The van der Waals surface area contributed by atoms with Crippen LogP contribution in [0.2, 0.25) is 5.15 Å². The normalized spacial score (nSPS) is 25.2. The van der Waals surface area contributed by atoms with Gasteiger partial charge in [-0.1, -0.05) is 23.7 Å². The van der Waals surface area contributed by atoms with E-state index in [2.05, 4.69) is 16.4 Å². The minimum absolute atomic E-state index is 0.198. The zero-order valence-corrected chi connectivity index (χ0v) is 14.0. The van der Waals surface area contributed by atoms with Crippen LogP contribution < -0.4 is 10.1 Å². The van der Waals surface area contributed by atoms with Gasteiger partial charge in [-0.2, -0.15) is 5.26 Å². The van der Waals surface area contributed by atoms with Crippen molar-refractivity contribution in [1.29, 1.82) is 5.26 Å². The number of nitrogens with one attached hydrogen (secondary N) is 1. The number of fused-ring (bicyclic) bond motifs is 2. The monoisotopic (exact) mass is 339 g/mol. The summed E-state index contributed by atoms with van der Waals surface area (Å²) in [7, 11) is 0. The van der Waals surface area contributed by atoms with E-state index < -0.39 is 0 Å². The third-order valence-corrected chi connectivity index (χ3v) is 5.03. The highest BCUT2D eigenvalue weighted by Crippen LogP contribution is 2.31. The second-order valence-corrected chi connectivity index (χ2v) is 6.94. The summed E-state index contributed by atoms with van der Waals surface area (Å²) in [4.78, 5) is 4.33. The minimum Gasteiger partial charge on any atom is -0.474 e. The third-order valence-electron chi connectivity index (χ3n) is 4.84. The molecular weight excluding hydrogens is 322 g/mol. The Labute approximate surface area is 146 Å². The largest absolute Gasteiger partial charge is 0.474 e. The molecule has 1 aromatic heterocycles. The molecule has 2 saturated heterocycles. The Morgan fingerprint density at radius 3 is 2.46 bits per heavy atom. The second kappa shape index (κ2) is 6.43. The molecular formula is C19H18ClN3O. The lowest BCUT2D eigenvalue weighted by Crippen LogP contribution is -2.42. The van der Waals surface area contributed by atoms with Crippen LogP contribution in [0, 0.1) is 11.3 Å². The molecule has 3 heterocycles. The van der Waals surface area contributed by atoms with Crippen molar-refractivity contribution in [3.63, 3.8) is 0 Å². The first kappa shape index (κ1) is 15.4. The molecule has 2 aliphatic rings. The van der Waals surface area contributed by atoms with E-state index in [-0.39, 0.29) is 6.10 Å². The molecule has 0 saturated carbocycles. The average Bonchev–Trinajstić information content (AvgIpc) is 2.93. The highest BCUT2D eigenvalue weighted by Gasteiger charge is 2.34. The Bertz CT molecular complexity index is 772. The van der Waals surface area contributed by atoms with Gasteiger partial charge in [-0.3, -0.25) is 0 Å². The SMILES string of the molecule is N#Cc1ccc(-c2cc(Cl)nc(OC3CC4CCC(C3)N4)c2)cc1. The van der Waals surface area contributed by atoms with E-state index in [0.29, 0.717) is 28.7 Å². The molecule has 0 spiro atoms. The van der Waals surface area contributed by atoms with Gasteiger partial charge in [-0.25, -0.2) is 4.98 Å². The van der Waals surface area contributed by atoms with Crippen molar-refractivity contribution in [3.05, 3.63) is 47.1 Å². The molecule has 2 aromatic rings.